The van der Waals surface area contributed by atoms with E-state index in [9.17, 15) is 0 Å². The second kappa shape index (κ2) is 7.27. The molecule has 0 spiro atoms. The Morgan fingerprint density at radius 2 is 1.41 bits per heavy atom. The van der Waals surface area contributed by atoms with Crippen LogP contribution in [-0.2, 0) is 7.05 Å². The molecule has 0 unspecified atom stereocenters. The molecule has 4 aromatic rings. The third-order valence-electron chi connectivity index (χ3n) is 6.45. The molecule has 4 rings (SSSR count). The van der Waals surface area contributed by atoms with Crippen LogP contribution in [-0.4, -0.2) is 8.07 Å². The summed E-state index contributed by atoms with van der Waals surface area (Å²) in [6.45, 7) is 11.6. The molecule has 0 aliphatic heterocycles. The van der Waals surface area contributed by atoms with Crippen molar-refractivity contribution in [2.24, 2.45) is 7.05 Å². The van der Waals surface area contributed by atoms with Gasteiger partial charge in [0.2, 0.25) is 11.2 Å². The summed E-state index contributed by atoms with van der Waals surface area (Å²) in [6, 6.07) is 27.0. The lowest BCUT2D eigenvalue weighted by molar-refractivity contribution is -0.633. The van der Waals surface area contributed by atoms with Crippen LogP contribution < -0.4 is 14.9 Å². The smallest absolute Gasteiger partial charge is 0.194 e. The Morgan fingerprint density at radius 1 is 0.759 bits per heavy atom. The van der Waals surface area contributed by atoms with E-state index in [1.807, 2.05) is 0 Å². The van der Waals surface area contributed by atoms with Crippen LogP contribution in [0, 0.1) is 20.8 Å². The number of aromatic nitrogens is 1. The molecule has 0 N–H and O–H groups in total. The molecule has 0 fully saturated rings. The number of rotatable bonds is 3. The number of nitrogens with zero attached hydrogens (tertiary/aromatic N) is 1. The number of benzene rings is 3. The Hall–Kier alpha value is -2.71. The lowest BCUT2D eigenvalue weighted by atomic mass is 9.97. The quantitative estimate of drug-likeness (QED) is 0.336. The van der Waals surface area contributed by atoms with Crippen LogP contribution in [0.4, 0.5) is 0 Å². The van der Waals surface area contributed by atoms with Crippen LogP contribution >= 0.6 is 0 Å². The van der Waals surface area contributed by atoms with Crippen molar-refractivity contribution in [1.29, 1.82) is 0 Å². The van der Waals surface area contributed by atoms with Gasteiger partial charge in [-0.15, -0.1) is 0 Å². The highest BCUT2D eigenvalue weighted by molar-refractivity contribution is 7.01. The minimum absolute atomic E-state index is 1.30. The minimum atomic E-state index is -1.87. The van der Waals surface area contributed by atoms with Gasteiger partial charge in [-0.05, 0) is 49.2 Å². The molecule has 146 valence electrons. The lowest BCUT2D eigenvalue weighted by Gasteiger charge is -2.25. The van der Waals surface area contributed by atoms with Crippen molar-refractivity contribution in [3.05, 3.63) is 89.5 Å². The van der Waals surface area contributed by atoms with E-state index in [1.54, 1.807) is 0 Å². The molecule has 0 amide bonds. The average molecular weight is 397 g/mol. The predicted molar refractivity (Wildman–Crippen MR) is 128 cm³/mol. The second-order valence-electron chi connectivity index (χ2n) is 8.76. The van der Waals surface area contributed by atoms with Crippen molar-refractivity contribution >= 4 is 29.4 Å². The first kappa shape index (κ1) is 19.6. The average Bonchev–Trinajstić information content (AvgIpc) is 2.72. The highest BCUT2D eigenvalue weighted by Crippen LogP contribution is 2.27. The van der Waals surface area contributed by atoms with Gasteiger partial charge in [0.15, 0.2) is 0 Å². The van der Waals surface area contributed by atoms with Crippen molar-refractivity contribution < 1.29 is 4.57 Å². The summed E-state index contributed by atoms with van der Waals surface area (Å²) >= 11 is 0. The summed E-state index contributed by atoms with van der Waals surface area (Å²) in [5.41, 5.74) is 7.99. The van der Waals surface area contributed by atoms with Gasteiger partial charge >= 0.3 is 0 Å². The highest BCUT2D eigenvalue weighted by Gasteiger charge is 2.31. The van der Waals surface area contributed by atoms with Gasteiger partial charge in [-0.1, -0.05) is 72.4 Å². The number of fused-ring (bicyclic) bond motifs is 1. The molecule has 0 bridgehead atoms. The molecule has 2 heteroatoms. The van der Waals surface area contributed by atoms with Crippen molar-refractivity contribution in [2.45, 2.75) is 33.9 Å². The predicted octanol–water partition coefficient (Wildman–Crippen LogP) is 5.08. The van der Waals surface area contributed by atoms with Crippen LogP contribution in [0.2, 0.25) is 13.1 Å². The zero-order valence-electron chi connectivity index (χ0n) is 18.4. The van der Waals surface area contributed by atoms with E-state index in [-0.39, 0.29) is 0 Å². The highest BCUT2D eigenvalue weighted by atomic mass is 28.3. The molecular weight excluding hydrogens is 366 g/mol. The minimum Gasteiger partial charge on any atom is -0.194 e. The van der Waals surface area contributed by atoms with E-state index >= 15 is 0 Å². The second-order valence-corrected chi connectivity index (χ2v) is 13.1. The lowest BCUT2D eigenvalue weighted by Crippen LogP contribution is -2.54. The third kappa shape index (κ3) is 3.32. The van der Waals surface area contributed by atoms with Crippen LogP contribution in [0.25, 0.3) is 22.2 Å². The molecule has 1 heterocycles. The SMILES string of the molecule is Cc1cc(C)c(C)c(-c2cc([Si](C)(C)c3ccccc3)c3ccccc3[n+]2C)c1. The van der Waals surface area contributed by atoms with Gasteiger partial charge < -0.3 is 0 Å². The van der Waals surface area contributed by atoms with E-state index in [4.69, 9.17) is 0 Å². The van der Waals surface area contributed by atoms with Gasteiger partial charge in [0.1, 0.15) is 15.1 Å². The molecule has 0 radical (unpaired) electrons. The van der Waals surface area contributed by atoms with Crippen LogP contribution in [0.3, 0.4) is 0 Å². The maximum absolute atomic E-state index is 2.47. The van der Waals surface area contributed by atoms with Crippen molar-refractivity contribution in [3.8, 4) is 11.3 Å². The maximum atomic E-state index is 2.47. The number of pyridine rings is 1. The molecule has 1 aromatic heterocycles. The molecule has 0 aliphatic rings. The third-order valence-corrected chi connectivity index (χ3v) is 9.99. The summed E-state index contributed by atoms with van der Waals surface area (Å²) in [4.78, 5) is 0. The fourth-order valence-electron chi connectivity index (χ4n) is 4.53. The number of hydrogen-bond donors (Lipinski definition) is 0. The summed E-state index contributed by atoms with van der Waals surface area (Å²) < 4.78 is 2.37. The first-order chi connectivity index (χ1) is 13.8. The molecular formula is C27H30NSi+. The standard InChI is InChI=1S/C27H30NSi/c1-19-16-20(2)21(3)24(17-19)26-18-27(23-14-10-11-15-25(23)28(26)4)29(5,6)22-12-8-7-9-13-22/h7-18H,1-6H3/q+1. The summed E-state index contributed by atoms with van der Waals surface area (Å²) in [7, 11) is 0.339. The van der Waals surface area contributed by atoms with E-state index in [0.717, 1.165) is 0 Å². The van der Waals surface area contributed by atoms with Gasteiger partial charge in [0.05, 0.1) is 0 Å². The number of aryl methyl sites for hydroxylation is 3. The van der Waals surface area contributed by atoms with Crippen molar-refractivity contribution in [2.75, 3.05) is 0 Å². The summed E-state index contributed by atoms with van der Waals surface area (Å²) in [5.74, 6) is 0. The van der Waals surface area contributed by atoms with E-state index in [0.29, 0.717) is 0 Å². The monoisotopic (exact) mass is 396 g/mol. The zero-order valence-corrected chi connectivity index (χ0v) is 19.4. The van der Waals surface area contributed by atoms with Gasteiger partial charge in [0.25, 0.3) is 0 Å². The first-order valence-corrected chi connectivity index (χ1v) is 13.4. The Labute approximate surface area is 175 Å². The Bertz CT molecular complexity index is 1210. The van der Waals surface area contributed by atoms with Gasteiger partial charge in [0, 0.05) is 23.1 Å². The molecule has 0 saturated carbocycles. The van der Waals surface area contributed by atoms with Gasteiger partial charge in [-0.25, -0.2) is 0 Å². The Balaban J connectivity index is 2.09. The van der Waals surface area contributed by atoms with Crippen molar-refractivity contribution in [3.63, 3.8) is 0 Å². The van der Waals surface area contributed by atoms with E-state index < -0.39 is 8.07 Å². The zero-order chi connectivity index (χ0) is 20.8. The molecule has 0 aliphatic carbocycles. The van der Waals surface area contributed by atoms with E-state index in [1.165, 1.54) is 49.2 Å². The topological polar surface area (TPSA) is 3.88 Å². The summed E-state index contributed by atoms with van der Waals surface area (Å²) in [6.07, 6.45) is 0. The Kier molecular flexibility index (Phi) is 4.91. The van der Waals surface area contributed by atoms with E-state index in [2.05, 4.69) is 118 Å². The van der Waals surface area contributed by atoms with Crippen LogP contribution in [0.1, 0.15) is 16.7 Å². The van der Waals surface area contributed by atoms with Gasteiger partial charge in [-0.3, -0.25) is 0 Å². The summed E-state index contributed by atoms with van der Waals surface area (Å²) in [5, 5.41) is 4.36. The molecule has 0 atom stereocenters. The maximum Gasteiger partial charge on any atom is 0.212 e. The molecule has 1 nitrogen and oxygen atoms in total. The van der Waals surface area contributed by atoms with Gasteiger partial charge in [-0.2, -0.15) is 4.57 Å². The number of para-hydroxylation sites is 1. The Morgan fingerprint density at radius 3 is 2.14 bits per heavy atom. The largest absolute Gasteiger partial charge is 0.212 e. The fourth-order valence-corrected chi connectivity index (χ4v) is 7.25. The molecule has 3 aromatic carbocycles. The first-order valence-electron chi connectivity index (χ1n) is 10.4. The van der Waals surface area contributed by atoms with Crippen LogP contribution in [0.5, 0.6) is 0 Å². The fraction of sp³-hybridized carbons (Fsp3) is 0.222. The molecule has 0 saturated heterocycles. The molecule has 29 heavy (non-hydrogen) atoms. The van der Waals surface area contributed by atoms with Crippen LogP contribution in [0.15, 0.2) is 72.8 Å². The van der Waals surface area contributed by atoms with Crippen molar-refractivity contribution in [1.82, 2.24) is 0 Å². The normalized spacial score (nSPS) is 11.8. The number of hydrogen-bond acceptors (Lipinski definition) is 0.